The molecule has 0 aliphatic rings. The Labute approximate surface area is 367 Å². The summed E-state index contributed by atoms with van der Waals surface area (Å²) in [5, 5.41) is 8.74. The zero-order valence-electron chi connectivity index (χ0n) is 34.4. The molecule has 0 amide bonds. The van der Waals surface area contributed by atoms with Crippen LogP contribution in [0.1, 0.15) is 0 Å². The van der Waals surface area contributed by atoms with Gasteiger partial charge in [0.05, 0.1) is 17.2 Å². The highest BCUT2D eigenvalue weighted by Gasteiger charge is 2.22. The van der Waals surface area contributed by atoms with Crippen LogP contribution in [0.25, 0.3) is 127 Å². The Hall–Kier alpha value is -8.74. The first-order valence-corrected chi connectivity index (χ1v) is 21.4. The molecule has 64 heavy (non-hydrogen) atoms. The number of hydrogen-bond acceptors (Lipinski definition) is 5. The molecule has 0 unspecified atom stereocenters. The fourth-order valence-corrected chi connectivity index (χ4v) is 9.45. The average molecular weight is 818 g/mol. The second kappa shape index (κ2) is 14.4. The minimum absolute atomic E-state index is 0.529. The van der Waals surface area contributed by atoms with Gasteiger partial charge in [0.15, 0.2) is 17.2 Å². The van der Waals surface area contributed by atoms with Crippen molar-refractivity contribution in [2.24, 2.45) is 0 Å². The first kappa shape index (κ1) is 36.0. The molecule has 0 aliphatic carbocycles. The standard InChI is InChI=1S/C58H35N5O/c1-3-10-36(11-4-1)38-18-20-39(21-19-38)44-27-28-50-49(34-44)54-46-15-8-7-14-40(46)26-29-51(54)63(50)58-61-56(45-25-24-42-32-41(22-23-43(42)33-45)37-12-5-2-6-13-37)60-57(62-58)48-16-9-17-52-55(48)47-30-31-59-35-53(47)64-52/h1-35H. The summed E-state index contributed by atoms with van der Waals surface area (Å²) in [6.07, 6.45) is 3.56. The molecule has 4 aromatic heterocycles. The van der Waals surface area contributed by atoms with E-state index in [1.807, 2.05) is 24.3 Å². The van der Waals surface area contributed by atoms with E-state index in [9.17, 15) is 0 Å². The van der Waals surface area contributed by atoms with Crippen LogP contribution < -0.4 is 0 Å². The molecule has 0 saturated heterocycles. The minimum atomic E-state index is 0.529. The van der Waals surface area contributed by atoms with Crippen LogP contribution in [-0.2, 0) is 0 Å². The molecule has 0 atom stereocenters. The van der Waals surface area contributed by atoms with E-state index in [1.54, 1.807) is 12.4 Å². The van der Waals surface area contributed by atoms with E-state index in [0.717, 1.165) is 71.2 Å². The fraction of sp³-hybridized carbons (Fsp3) is 0. The number of nitrogens with zero attached hydrogens (tertiary/aromatic N) is 5. The maximum atomic E-state index is 6.32. The van der Waals surface area contributed by atoms with E-state index in [-0.39, 0.29) is 0 Å². The van der Waals surface area contributed by atoms with Crippen LogP contribution in [-0.4, -0.2) is 24.5 Å². The molecule has 298 valence electrons. The molecule has 0 saturated carbocycles. The molecular weight excluding hydrogens is 783 g/mol. The lowest BCUT2D eigenvalue weighted by Gasteiger charge is -2.12. The van der Waals surface area contributed by atoms with Crippen molar-refractivity contribution in [1.29, 1.82) is 0 Å². The summed E-state index contributed by atoms with van der Waals surface area (Å²) in [5.74, 6) is 1.66. The normalized spacial score (nSPS) is 11.8. The van der Waals surface area contributed by atoms with Gasteiger partial charge in [-0.05, 0) is 97.4 Å². The minimum Gasteiger partial charge on any atom is -0.454 e. The molecule has 0 radical (unpaired) electrons. The van der Waals surface area contributed by atoms with Gasteiger partial charge in [-0.1, -0.05) is 158 Å². The van der Waals surface area contributed by atoms with Crippen molar-refractivity contribution in [3.8, 4) is 62.1 Å². The largest absolute Gasteiger partial charge is 0.454 e. The van der Waals surface area contributed by atoms with Crippen molar-refractivity contribution in [2.45, 2.75) is 0 Å². The van der Waals surface area contributed by atoms with E-state index in [2.05, 4.69) is 185 Å². The highest BCUT2D eigenvalue weighted by molar-refractivity contribution is 6.22. The number of pyridine rings is 1. The predicted molar refractivity (Wildman–Crippen MR) is 261 cm³/mol. The van der Waals surface area contributed by atoms with Gasteiger partial charge in [-0.3, -0.25) is 9.55 Å². The molecule has 0 aliphatic heterocycles. The van der Waals surface area contributed by atoms with Crippen LogP contribution >= 0.6 is 0 Å². The molecule has 0 fully saturated rings. The van der Waals surface area contributed by atoms with Crippen molar-refractivity contribution in [1.82, 2.24) is 24.5 Å². The van der Waals surface area contributed by atoms with Gasteiger partial charge in [-0.2, -0.15) is 9.97 Å². The molecule has 13 rings (SSSR count). The van der Waals surface area contributed by atoms with Crippen LogP contribution in [0, 0.1) is 0 Å². The molecule has 0 N–H and O–H groups in total. The lowest BCUT2D eigenvalue weighted by molar-refractivity contribution is 0.667. The van der Waals surface area contributed by atoms with Crippen molar-refractivity contribution in [2.75, 3.05) is 0 Å². The third kappa shape index (κ3) is 5.88. The van der Waals surface area contributed by atoms with Gasteiger partial charge in [0.25, 0.3) is 0 Å². The van der Waals surface area contributed by atoms with Gasteiger partial charge in [0.2, 0.25) is 5.95 Å². The molecule has 13 aromatic rings. The summed E-state index contributed by atoms with van der Waals surface area (Å²) in [6, 6.07) is 70.7. The summed E-state index contributed by atoms with van der Waals surface area (Å²) in [6.45, 7) is 0. The molecule has 0 spiro atoms. The van der Waals surface area contributed by atoms with Gasteiger partial charge in [0.1, 0.15) is 5.58 Å². The van der Waals surface area contributed by atoms with Crippen LogP contribution in [0.5, 0.6) is 0 Å². The Balaban J connectivity index is 1.04. The maximum absolute atomic E-state index is 6.32. The molecule has 6 nitrogen and oxygen atoms in total. The quantitative estimate of drug-likeness (QED) is 0.167. The highest BCUT2D eigenvalue weighted by atomic mass is 16.3. The van der Waals surface area contributed by atoms with E-state index < -0.39 is 0 Å². The van der Waals surface area contributed by atoms with E-state index in [1.165, 1.54) is 33.0 Å². The van der Waals surface area contributed by atoms with Crippen molar-refractivity contribution in [3.05, 3.63) is 213 Å². The van der Waals surface area contributed by atoms with Crippen LogP contribution in [0.4, 0.5) is 0 Å². The molecular formula is C58H35N5O. The van der Waals surface area contributed by atoms with Crippen LogP contribution in [0.3, 0.4) is 0 Å². The van der Waals surface area contributed by atoms with E-state index >= 15 is 0 Å². The van der Waals surface area contributed by atoms with Gasteiger partial charge in [-0.15, -0.1) is 0 Å². The van der Waals surface area contributed by atoms with Gasteiger partial charge in [-0.25, -0.2) is 4.98 Å². The number of aromatic nitrogens is 5. The first-order valence-electron chi connectivity index (χ1n) is 21.4. The monoisotopic (exact) mass is 817 g/mol. The SMILES string of the molecule is c1ccc(-c2ccc(-c3ccc4c(c3)c3c5ccccc5ccc3n4-c3nc(-c4ccc5cc(-c6ccccc6)ccc5c4)nc(-c4cccc5oc6cnccc6c45)n3)cc2)cc1. The number of hydrogen-bond donors (Lipinski definition) is 0. The Kier molecular flexibility index (Phi) is 8.11. The lowest BCUT2D eigenvalue weighted by Crippen LogP contribution is -2.06. The van der Waals surface area contributed by atoms with E-state index in [4.69, 9.17) is 19.4 Å². The summed E-state index contributed by atoms with van der Waals surface area (Å²) in [7, 11) is 0. The second-order valence-corrected chi connectivity index (χ2v) is 16.3. The van der Waals surface area contributed by atoms with Gasteiger partial charge >= 0.3 is 0 Å². The number of fused-ring (bicyclic) bond motifs is 9. The number of rotatable bonds is 6. The number of benzene rings is 9. The molecule has 0 bridgehead atoms. The van der Waals surface area contributed by atoms with Crippen molar-refractivity contribution >= 4 is 65.3 Å². The lowest BCUT2D eigenvalue weighted by atomic mass is 9.98. The summed E-state index contributed by atoms with van der Waals surface area (Å²) in [5.41, 5.74) is 12.3. The maximum Gasteiger partial charge on any atom is 0.238 e. The Morgan fingerprint density at radius 2 is 0.969 bits per heavy atom. The highest BCUT2D eigenvalue weighted by Crippen LogP contribution is 2.41. The molecule has 9 aromatic carbocycles. The van der Waals surface area contributed by atoms with Crippen LogP contribution in [0.2, 0.25) is 0 Å². The zero-order valence-corrected chi connectivity index (χ0v) is 34.4. The summed E-state index contributed by atoms with van der Waals surface area (Å²) < 4.78 is 8.52. The topological polar surface area (TPSA) is 69.6 Å². The van der Waals surface area contributed by atoms with Gasteiger partial charge in [0, 0.05) is 38.9 Å². The Morgan fingerprint density at radius 1 is 0.359 bits per heavy atom. The Bertz CT molecular complexity index is 3950. The fourth-order valence-electron chi connectivity index (χ4n) is 9.45. The summed E-state index contributed by atoms with van der Waals surface area (Å²) >= 11 is 0. The molecule has 4 heterocycles. The van der Waals surface area contributed by atoms with Crippen LogP contribution in [0.15, 0.2) is 217 Å². The van der Waals surface area contributed by atoms with E-state index in [0.29, 0.717) is 23.2 Å². The zero-order chi connectivity index (χ0) is 42.1. The van der Waals surface area contributed by atoms with Crippen molar-refractivity contribution < 1.29 is 4.42 Å². The van der Waals surface area contributed by atoms with Crippen molar-refractivity contribution in [3.63, 3.8) is 0 Å². The smallest absolute Gasteiger partial charge is 0.238 e. The Morgan fingerprint density at radius 3 is 1.78 bits per heavy atom. The number of furan rings is 1. The second-order valence-electron chi connectivity index (χ2n) is 16.3. The predicted octanol–water partition coefficient (Wildman–Crippen LogP) is 14.9. The van der Waals surface area contributed by atoms with Gasteiger partial charge < -0.3 is 4.42 Å². The average Bonchev–Trinajstić information content (AvgIpc) is 3.92. The first-order chi connectivity index (χ1) is 31.7. The third-order valence-electron chi connectivity index (χ3n) is 12.6. The molecule has 6 heteroatoms. The third-order valence-corrected chi connectivity index (χ3v) is 12.6. The summed E-state index contributed by atoms with van der Waals surface area (Å²) in [4.78, 5) is 20.4.